The van der Waals surface area contributed by atoms with E-state index < -0.39 is 38.0 Å². The van der Waals surface area contributed by atoms with Crippen molar-refractivity contribution in [3.05, 3.63) is 60.4 Å². The highest BCUT2D eigenvalue weighted by molar-refractivity contribution is 7.90. The average molecular weight is 684 g/mol. The van der Waals surface area contributed by atoms with Gasteiger partial charge in [-0.25, -0.2) is 32.0 Å². The van der Waals surface area contributed by atoms with Gasteiger partial charge in [0, 0.05) is 48.6 Å². The van der Waals surface area contributed by atoms with E-state index in [1.165, 1.54) is 12.1 Å². The van der Waals surface area contributed by atoms with Crippen molar-refractivity contribution in [2.75, 3.05) is 30.0 Å². The molecule has 1 aliphatic rings. The SMILES string of the molecule is CC(C(=O)Nc1cccc2c(-c3nc(Nc4cccc(S(C)(=O)=O)c4F)ncc3F)c[nH]c12)N1C[C@H](C)N(C(=O)OC(C)(C)C)[C@@H](C)C1. The van der Waals surface area contributed by atoms with E-state index in [9.17, 15) is 22.4 Å². The first-order chi connectivity index (χ1) is 22.4. The summed E-state index contributed by atoms with van der Waals surface area (Å²) in [5.74, 6) is -2.17. The maximum Gasteiger partial charge on any atom is 0.410 e. The van der Waals surface area contributed by atoms with Crippen molar-refractivity contribution in [3.8, 4) is 11.3 Å². The number of para-hydroxylation sites is 1. The highest BCUT2D eigenvalue weighted by atomic mass is 32.2. The number of nitrogens with zero attached hydrogens (tertiary/aromatic N) is 4. The van der Waals surface area contributed by atoms with Crippen molar-refractivity contribution in [1.29, 1.82) is 0 Å². The lowest BCUT2D eigenvalue weighted by Crippen LogP contribution is -2.62. The molecular formula is C33H39F2N7O5S. The monoisotopic (exact) mass is 683 g/mol. The number of carbonyl (C=O) groups excluding carboxylic acids is 2. The van der Waals surface area contributed by atoms with Crippen LogP contribution in [0.1, 0.15) is 41.5 Å². The number of rotatable bonds is 7. The fourth-order valence-electron chi connectivity index (χ4n) is 5.84. The summed E-state index contributed by atoms with van der Waals surface area (Å²) in [5, 5.41) is 6.17. The van der Waals surface area contributed by atoms with E-state index in [2.05, 4.69) is 25.6 Å². The Balaban J connectivity index is 1.34. The Hall–Kier alpha value is -4.63. The summed E-state index contributed by atoms with van der Waals surface area (Å²) < 4.78 is 59.6. The molecule has 2 aromatic heterocycles. The third-order valence-corrected chi connectivity index (χ3v) is 9.17. The number of aromatic amines is 1. The molecule has 2 amide bonds. The summed E-state index contributed by atoms with van der Waals surface area (Å²) in [6.45, 7) is 12.1. The largest absolute Gasteiger partial charge is 0.444 e. The van der Waals surface area contributed by atoms with Gasteiger partial charge in [-0.2, -0.15) is 0 Å². The average Bonchev–Trinajstić information content (AvgIpc) is 3.42. The number of carbonyl (C=O) groups is 2. The minimum Gasteiger partial charge on any atom is -0.444 e. The highest BCUT2D eigenvalue weighted by Gasteiger charge is 2.38. The molecule has 4 aromatic rings. The van der Waals surface area contributed by atoms with Gasteiger partial charge in [-0.15, -0.1) is 0 Å². The van der Waals surface area contributed by atoms with E-state index in [0.717, 1.165) is 18.5 Å². The molecule has 0 spiro atoms. The van der Waals surface area contributed by atoms with Gasteiger partial charge in [-0.3, -0.25) is 9.69 Å². The number of ether oxygens (including phenoxy) is 1. The van der Waals surface area contributed by atoms with E-state index in [-0.39, 0.29) is 41.4 Å². The van der Waals surface area contributed by atoms with Gasteiger partial charge in [0.05, 0.1) is 29.1 Å². The molecule has 1 fully saturated rings. The van der Waals surface area contributed by atoms with Crippen molar-refractivity contribution in [3.63, 3.8) is 0 Å². The number of sulfone groups is 1. The molecule has 3 N–H and O–H groups in total. The highest BCUT2D eigenvalue weighted by Crippen LogP contribution is 2.34. The first kappa shape index (κ1) is 34.7. The lowest BCUT2D eigenvalue weighted by molar-refractivity contribution is -0.122. The quantitative estimate of drug-likeness (QED) is 0.223. The van der Waals surface area contributed by atoms with E-state index in [1.54, 1.807) is 36.2 Å². The Kier molecular flexibility index (Phi) is 9.48. The number of amides is 2. The number of H-pyrrole nitrogens is 1. The maximum atomic E-state index is 15.1. The summed E-state index contributed by atoms with van der Waals surface area (Å²) >= 11 is 0. The molecule has 0 saturated carbocycles. The van der Waals surface area contributed by atoms with E-state index >= 15 is 4.39 Å². The fraction of sp³-hybridized carbons (Fsp3) is 0.394. The van der Waals surface area contributed by atoms with E-state index in [1.807, 2.05) is 39.5 Å². The third-order valence-electron chi connectivity index (χ3n) is 8.06. The number of fused-ring (bicyclic) bond motifs is 1. The topological polar surface area (TPSA) is 150 Å². The van der Waals surface area contributed by atoms with Crippen LogP contribution in [0.3, 0.4) is 0 Å². The smallest absolute Gasteiger partial charge is 0.410 e. The molecule has 15 heteroatoms. The molecule has 1 aliphatic heterocycles. The van der Waals surface area contributed by atoms with Gasteiger partial charge in [0.25, 0.3) is 0 Å². The number of hydrogen-bond acceptors (Lipinski definition) is 9. The predicted octanol–water partition coefficient (Wildman–Crippen LogP) is 5.71. The molecule has 3 heterocycles. The van der Waals surface area contributed by atoms with Gasteiger partial charge >= 0.3 is 6.09 Å². The standard InChI is InChI=1S/C33H39F2N7O5S/c1-18-16-41(17-19(2)42(18)32(44)47-33(4,5)6)20(3)30(43)38-25-12-8-10-21-22(14-36-29(21)25)28-23(34)15-37-31(40-28)39-24-11-9-13-26(27(24)35)48(7,45)46/h8-15,18-20,36H,16-17H2,1-7H3,(H,38,43)(H,37,39,40)/t18-,19-,20?/m0/s1. The molecule has 2 aromatic carbocycles. The van der Waals surface area contributed by atoms with Crippen LogP contribution in [-0.2, 0) is 19.4 Å². The van der Waals surface area contributed by atoms with Crippen LogP contribution in [-0.4, -0.2) is 88.2 Å². The summed E-state index contributed by atoms with van der Waals surface area (Å²) in [5.41, 5.74) is 0.458. The van der Waals surface area contributed by atoms with Crippen LogP contribution in [0.4, 0.5) is 30.9 Å². The molecule has 0 radical (unpaired) electrons. The minimum absolute atomic E-state index is 0.0962. The summed E-state index contributed by atoms with van der Waals surface area (Å²) in [6.07, 6.45) is 2.99. The first-order valence-electron chi connectivity index (χ1n) is 15.4. The molecule has 1 unspecified atom stereocenters. The molecule has 5 rings (SSSR count). The van der Waals surface area contributed by atoms with E-state index in [4.69, 9.17) is 4.74 Å². The predicted molar refractivity (Wildman–Crippen MR) is 179 cm³/mol. The second kappa shape index (κ2) is 13.1. The molecule has 0 aliphatic carbocycles. The zero-order valence-corrected chi connectivity index (χ0v) is 28.6. The lowest BCUT2D eigenvalue weighted by atomic mass is 10.1. The molecule has 48 heavy (non-hydrogen) atoms. The molecular weight excluding hydrogens is 644 g/mol. The van der Waals surface area contributed by atoms with Crippen molar-refractivity contribution < 1.29 is 31.5 Å². The number of halogens is 2. The summed E-state index contributed by atoms with van der Waals surface area (Å²) in [4.78, 5) is 40.8. The van der Waals surface area contributed by atoms with Gasteiger partial charge in [0.1, 0.15) is 16.2 Å². The molecule has 0 bridgehead atoms. The van der Waals surface area contributed by atoms with Gasteiger partial charge in [0.15, 0.2) is 21.5 Å². The van der Waals surface area contributed by atoms with Crippen molar-refractivity contribution in [2.24, 2.45) is 0 Å². The Bertz CT molecular complexity index is 1970. The molecule has 256 valence electrons. The van der Waals surface area contributed by atoms with Crippen LogP contribution in [0.2, 0.25) is 0 Å². The molecule has 3 atom stereocenters. The second-order valence-corrected chi connectivity index (χ2v) is 15.0. The van der Waals surface area contributed by atoms with Gasteiger partial charge < -0.3 is 25.3 Å². The molecule has 1 saturated heterocycles. The van der Waals surface area contributed by atoms with Crippen molar-refractivity contribution in [1.82, 2.24) is 24.8 Å². The van der Waals surface area contributed by atoms with Crippen LogP contribution in [0, 0.1) is 11.6 Å². The zero-order valence-electron chi connectivity index (χ0n) is 27.8. The third kappa shape index (κ3) is 7.26. The Morgan fingerprint density at radius 3 is 2.35 bits per heavy atom. The number of aromatic nitrogens is 3. The number of anilines is 3. The van der Waals surface area contributed by atoms with Gasteiger partial charge in [0.2, 0.25) is 11.9 Å². The van der Waals surface area contributed by atoms with Crippen LogP contribution >= 0.6 is 0 Å². The number of benzene rings is 2. The number of piperazine rings is 1. The van der Waals surface area contributed by atoms with Crippen molar-refractivity contribution in [2.45, 2.75) is 70.2 Å². The number of hydrogen-bond donors (Lipinski definition) is 3. The minimum atomic E-state index is -3.84. The maximum absolute atomic E-state index is 15.1. The van der Waals surface area contributed by atoms with Crippen LogP contribution in [0.5, 0.6) is 0 Å². The number of nitrogens with one attached hydrogen (secondary N) is 3. The Labute approximate surface area is 277 Å². The second-order valence-electron chi connectivity index (χ2n) is 13.0. The van der Waals surface area contributed by atoms with E-state index in [0.29, 0.717) is 35.2 Å². The normalized spacial score (nSPS) is 18.1. The molecule has 12 nitrogen and oxygen atoms in total. The summed E-state index contributed by atoms with van der Waals surface area (Å²) in [7, 11) is -3.84. The first-order valence-corrected chi connectivity index (χ1v) is 17.3. The van der Waals surface area contributed by atoms with Crippen molar-refractivity contribution >= 4 is 50.1 Å². The van der Waals surface area contributed by atoms with Crippen LogP contribution in [0.25, 0.3) is 22.2 Å². The lowest BCUT2D eigenvalue weighted by Gasteiger charge is -2.46. The van der Waals surface area contributed by atoms with Gasteiger partial charge in [-0.05, 0) is 59.7 Å². The fourth-order valence-corrected chi connectivity index (χ4v) is 6.60. The zero-order chi connectivity index (χ0) is 35.1. The van der Waals surface area contributed by atoms with Gasteiger partial charge in [-0.1, -0.05) is 18.2 Å². The van der Waals surface area contributed by atoms with Crippen LogP contribution < -0.4 is 10.6 Å². The summed E-state index contributed by atoms with van der Waals surface area (Å²) in [6, 6.07) is 8.11. The Morgan fingerprint density at radius 1 is 1.06 bits per heavy atom. The Morgan fingerprint density at radius 2 is 1.71 bits per heavy atom. The van der Waals surface area contributed by atoms with Crippen LogP contribution in [0.15, 0.2) is 53.7 Å².